The third-order valence-corrected chi connectivity index (χ3v) is 7.29. The Labute approximate surface area is 197 Å². The fraction of sp³-hybridized carbons (Fsp3) is 0.0556. The molecule has 0 saturated carbocycles. The normalized spacial score (nSPS) is 12.5. The number of fused-ring (bicyclic) bond motifs is 1. The van der Waals surface area contributed by atoms with Gasteiger partial charge >= 0.3 is 0 Å². The zero-order valence-corrected chi connectivity index (χ0v) is 19.7. The molecule has 0 aliphatic rings. The number of amides is 1. The zero-order chi connectivity index (χ0) is 26.5. The molecule has 0 saturated heterocycles. The topological polar surface area (TPSA) is 235 Å². The molecule has 0 radical (unpaired) electrons. The van der Waals surface area contributed by atoms with Crippen LogP contribution in [0, 0.1) is 17.0 Å². The fourth-order valence-electron chi connectivity index (χ4n) is 3.23. The highest BCUT2D eigenvalue weighted by Crippen LogP contribution is 2.36. The molecule has 0 heterocycles. The lowest BCUT2D eigenvalue weighted by Crippen LogP contribution is -2.15. The Morgan fingerprint density at radius 1 is 0.857 bits per heavy atom. The molecule has 4 N–H and O–H groups in total. The van der Waals surface area contributed by atoms with Gasteiger partial charge in [0.2, 0.25) is 0 Å². The summed E-state index contributed by atoms with van der Waals surface area (Å²) in [6.45, 7) is 1.36. The number of aryl methyl sites for hydroxylation is 1. The van der Waals surface area contributed by atoms with Crippen molar-refractivity contribution < 1.29 is 48.6 Å². The highest BCUT2D eigenvalue weighted by atomic mass is 32.2. The van der Waals surface area contributed by atoms with Crippen LogP contribution in [0.5, 0.6) is 0 Å². The Morgan fingerprint density at radius 3 is 1.86 bits per heavy atom. The van der Waals surface area contributed by atoms with E-state index in [-0.39, 0.29) is 16.8 Å². The van der Waals surface area contributed by atoms with Gasteiger partial charge in [0.05, 0.1) is 20.4 Å². The van der Waals surface area contributed by atoms with Gasteiger partial charge in [-0.3, -0.25) is 28.6 Å². The van der Waals surface area contributed by atoms with Gasteiger partial charge in [0, 0.05) is 23.1 Å². The zero-order valence-electron chi connectivity index (χ0n) is 17.2. The number of nitro groups is 1. The summed E-state index contributed by atoms with van der Waals surface area (Å²) in [7, 11) is -15.3. The molecular formula is C18H14N2O12S3. The molecule has 17 heteroatoms. The van der Waals surface area contributed by atoms with E-state index in [1.54, 1.807) is 0 Å². The lowest BCUT2D eigenvalue weighted by atomic mass is 10.1. The molecule has 186 valence electrons. The van der Waals surface area contributed by atoms with E-state index in [0.717, 1.165) is 18.2 Å². The van der Waals surface area contributed by atoms with Crippen LogP contribution in [0.2, 0.25) is 0 Å². The molecule has 35 heavy (non-hydrogen) atoms. The quantitative estimate of drug-likeness (QED) is 0.197. The highest BCUT2D eigenvalue weighted by Gasteiger charge is 2.26. The van der Waals surface area contributed by atoms with Crippen LogP contribution in [0.3, 0.4) is 0 Å². The molecular weight excluding hydrogens is 532 g/mol. The van der Waals surface area contributed by atoms with Crippen LogP contribution >= 0.6 is 0 Å². The first-order valence-electron chi connectivity index (χ1n) is 9.00. The van der Waals surface area contributed by atoms with E-state index in [9.17, 15) is 53.8 Å². The van der Waals surface area contributed by atoms with Gasteiger partial charge < -0.3 is 5.32 Å². The van der Waals surface area contributed by atoms with E-state index in [1.165, 1.54) is 6.92 Å². The van der Waals surface area contributed by atoms with Gasteiger partial charge in [-0.05, 0) is 48.2 Å². The second kappa shape index (κ2) is 8.63. The molecule has 3 rings (SSSR count). The van der Waals surface area contributed by atoms with E-state index in [0.29, 0.717) is 24.3 Å². The van der Waals surface area contributed by atoms with Crippen molar-refractivity contribution in [3.63, 3.8) is 0 Å². The molecule has 0 aromatic heterocycles. The van der Waals surface area contributed by atoms with Crippen LogP contribution in [-0.2, 0) is 30.4 Å². The number of benzene rings is 3. The van der Waals surface area contributed by atoms with E-state index in [1.807, 2.05) is 0 Å². The van der Waals surface area contributed by atoms with Crippen LogP contribution in [0.4, 0.5) is 11.4 Å². The minimum atomic E-state index is -5.22. The molecule has 0 spiro atoms. The van der Waals surface area contributed by atoms with Gasteiger partial charge in [-0.1, -0.05) is 0 Å². The maximum atomic E-state index is 12.9. The Hall–Kier alpha value is -3.48. The number of nitrogens with zero attached hydrogens (tertiary/aromatic N) is 1. The number of rotatable bonds is 6. The monoisotopic (exact) mass is 546 g/mol. The maximum absolute atomic E-state index is 12.9. The van der Waals surface area contributed by atoms with Gasteiger partial charge in [-0.25, -0.2) is 0 Å². The number of non-ortho nitro benzene ring substituents is 1. The summed E-state index contributed by atoms with van der Waals surface area (Å²) in [6, 6.07) is 5.50. The van der Waals surface area contributed by atoms with Gasteiger partial charge in [0.25, 0.3) is 41.9 Å². The van der Waals surface area contributed by atoms with E-state index < -0.39 is 72.3 Å². The van der Waals surface area contributed by atoms with Gasteiger partial charge in [0.1, 0.15) is 4.90 Å². The van der Waals surface area contributed by atoms with Crippen molar-refractivity contribution in [2.45, 2.75) is 21.6 Å². The molecule has 0 fully saturated rings. The number of carbonyl (C=O) groups is 1. The molecule has 0 bridgehead atoms. The molecule has 0 unspecified atom stereocenters. The molecule has 3 aromatic carbocycles. The van der Waals surface area contributed by atoms with Crippen LogP contribution in [0.15, 0.2) is 57.2 Å². The molecule has 1 amide bonds. The van der Waals surface area contributed by atoms with Crippen molar-refractivity contribution in [1.82, 2.24) is 0 Å². The first-order chi connectivity index (χ1) is 15.9. The molecule has 3 aromatic rings. The minimum Gasteiger partial charge on any atom is -0.321 e. The van der Waals surface area contributed by atoms with E-state index in [4.69, 9.17) is 0 Å². The second-order valence-electron chi connectivity index (χ2n) is 7.13. The molecule has 14 nitrogen and oxygen atoms in total. The Balaban J connectivity index is 2.35. The average molecular weight is 547 g/mol. The Kier molecular flexibility index (Phi) is 6.44. The lowest BCUT2D eigenvalue weighted by molar-refractivity contribution is -0.384. The van der Waals surface area contributed by atoms with Crippen LogP contribution < -0.4 is 5.32 Å². The van der Waals surface area contributed by atoms with Crippen molar-refractivity contribution >= 4 is 58.4 Å². The Bertz CT molecular complexity index is 1740. The summed E-state index contributed by atoms with van der Waals surface area (Å²) in [6.07, 6.45) is 0. The minimum absolute atomic E-state index is 0.121. The van der Waals surface area contributed by atoms with Crippen LogP contribution in [0.25, 0.3) is 10.8 Å². The van der Waals surface area contributed by atoms with Gasteiger partial charge in [-0.2, -0.15) is 25.3 Å². The predicted molar refractivity (Wildman–Crippen MR) is 119 cm³/mol. The van der Waals surface area contributed by atoms with Crippen molar-refractivity contribution in [3.05, 3.63) is 63.7 Å². The molecule has 0 aliphatic heterocycles. The van der Waals surface area contributed by atoms with Crippen molar-refractivity contribution in [1.29, 1.82) is 0 Å². The van der Waals surface area contributed by atoms with Crippen molar-refractivity contribution in [3.8, 4) is 0 Å². The van der Waals surface area contributed by atoms with Gasteiger partial charge in [-0.15, -0.1) is 0 Å². The molecule has 0 atom stereocenters. The van der Waals surface area contributed by atoms with Crippen molar-refractivity contribution in [2.75, 3.05) is 5.32 Å². The predicted octanol–water partition coefficient (Wildman–Crippen LogP) is 2.05. The SMILES string of the molecule is Cc1cc([N+](=O)[O-])ccc1C(=O)Nc1cc(S(=O)(=O)O)cc2cc(S(=O)(=O)O)cc(S(=O)(=O)O)c12. The highest BCUT2D eigenvalue weighted by molar-refractivity contribution is 7.87. The van der Waals surface area contributed by atoms with Crippen LogP contribution in [0.1, 0.15) is 15.9 Å². The lowest BCUT2D eigenvalue weighted by Gasteiger charge is -2.15. The number of hydrogen-bond donors (Lipinski definition) is 4. The largest absolute Gasteiger partial charge is 0.321 e. The standard InChI is InChI=1S/C18H14N2O12S3/c1-9-4-11(20(22)23)2-3-14(9)18(21)19-15-7-12(33(24,25)26)5-10-6-13(34(27,28)29)8-16(17(10)15)35(30,31)32/h2-8H,1H3,(H,19,21)(H,24,25,26)(H,27,28,29)(H,30,31,32). The number of hydrogen-bond acceptors (Lipinski definition) is 9. The van der Waals surface area contributed by atoms with E-state index in [2.05, 4.69) is 5.32 Å². The fourth-order valence-corrected chi connectivity index (χ4v) is 5.15. The first-order valence-corrected chi connectivity index (χ1v) is 13.3. The Morgan fingerprint density at radius 2 is 1.40 bits per heavy atom. The first kappa shape index (κ1) is 26.1. The number of nitrogens with one attached hydrogen (secondary N) is 1. The van der Waals surface area contributed by atoms with Gasteiger partial charge in [0.15, 0.2) is 0 Å². The number of anilines is 1. The second-order valence-corrected chi connectivity index (χ2v) is 11.4. The average Bonchev–Trinajstić information content (AvgIpc) is 2.70. The smallest absolute Gasteiger partial charge is 0.295 e. The summed E-state index contributed by atoms with van der Waals surface area (Å²) >= 11 is 0. The maximum Gasteiger partial charge on any atom is 0.295 e. The summed E-state index contributed by atoms with van der Waals surface area (Å²) in [5, 5.41) is 12.0. The number of carbonyl (C=O) groups excluding carboxylic acids is 1. The summed E-state index contributed by atoms with van der Waals surface area (Å²) in [4.78, 5) is 20.0. The molecule has 0 aliphatic carbocycles. The van der Waals surface area contributed by atoms with Crippen LogP contribution in [-0.4, -0.2) is 49.7 Å². The third-order valence-electron chi connectivity index (χ3n) is 4.75. The summed E-state index contributed by atoms with van der Waals surface area (Å²) in [5.41, 5.74) is -0.934. The third kappa shape index (κ3) is 5.45. The van der Waals surface area contributed by atoms with Crippen molar-refractivity contribution in [2.24, 2.45) is 0 Å². The summed E-state index contributed by atoms with van der Waals surface area (Å²) in [5.74, 6) is -0.994. The number of nitro benzene ring substituents is 1. The van der Waals surface area contributed by atoms with E-state index >= 15 is 0 Å². The summed E-state index contributed by atoms with van der Waals surface area (Å²) < 4.78 is 99.2.